The zero-order valence-corrected chi connectivity index (χ0v) is 11.8. The Morgan fingerprint density at radius 1 is 1.38 bits per heavy atom. The SMILES string of the molecule is CCCc1nn(CCC(C)C)c(Cl)c1CCl. The summed E-state index contributed by atoms with van der Waals surface area (Å²) < 4.78 is 1.89. The van der Waals surface area contributed by atoms with Crippen LogP contribution in [-0.2, 0) is 18.8 Å². The molecule has 0 fully saturated rings. The average Bonchev–Trinajstić information content (AvgIpc) is 2.52. The Morgan fingerprint density at radius 2 is 2.06 bits per heavy atom. The Bertz CT molecular complexity index is 332. The second-order valence-corrected chi connectivity index (χ2v) is 5.13. The summed E-state index contributed by atoms with van der Waals surface area (Å²) in [5, 5.41) is 5.26. The Balaban J connectivity index is 2.84. The topological polar surface area (TPSA) is 17.8 Å². The largest absolute Gasteiger partial charge is 0.253 e. The molecule has 0 aromatic carbocycles. The van der Waals surface area contributed by atoms with Crippen molar-refractivity contribution in [3.63, 3.8) is 0 Å². The smallest absolute Gasteiger partial charge is 0.131 e. The monoisotopic (exact) mass is 262 g/mol. The van der Waals surface area contributed by atoms with Gasteiger partial charge in [0.05, 0.1) is 11.6 Å². The van der Waals surface area contributed by atoms with Crippen molar-refractivity contribution < 1.29 is 0 Å². The quantitative estimate of drug-likeness (QED) is 0.701. The fourth-order valence-electron chi connectivity index (χ4n) is 1.62. The van der Waals surface area contributed by atoms with Gasteiger partial charge in [0.1, 0.15) is 5.15 Å². The van der Waals surface area contributed by atoms with Crippen molar-refractivity contribution in [3.05, 3.63) is 16.4 Å². The van der Waals surface area contributed by atoms with Crippen molar-refractivity contribution >= 4 is 23.2 Å². The van der Waals surface area contributed by atoms with Crippen molar-refractivity contribution in [2.45, 2.75) is 52.5 Å². The number of rotatable bonds is 6. The van der Waals surface area contributed by atoms with Gasteiger partial charge in [0.2, 0.25) is 0 Å². The van der Waals surface area contributed by atoms with Crippen LogP contribution in [0.25, 0.3) is 0 Å². The lowest BCUT2D eigenvalue weighted by molar-refractivity contribution is 0.484. The maximum absolute atomic E-state index is 6.26. The Hall–Kier alpha value is -0.210. The molecule has 0 saturated heterocycles. The van der Waals surface area contributed by atoms with Crippen molar-refractivity contribution in [2.75, 3.05) is 0 Å². The summed E-state index contributed by atoms with van der Waals surface area (Å²) in [6, 6.07) is 0. The van der Waals surface area contributed by atoms with Crippen LogP contribution in [-0.4, -0.2) is 9.78 Å². The van der Waals surface area contributed by atoms with Crippen LogP contribution in [0.1, 0.15) is 44.9 Å². The number of aryl methyl sites for hydroxylation is 2. The number of hydrogen-bond acceptors (Lipinski definition) is 1. The molecule has 0 bridgehead atoms. The van der Waals surface area contributed by atoms with Crippen LogP contribution in [0.3, 0.4) is 0 Å². The summed E-state index contributed by atoms with van der Waals surface area (Å²) in [6.07, 6.45) is 3.12. The lowest BCUT2D eigenvalue weighted by Crippen LogP contribution is -2.04. The number of nitrogens with zero attached hydrogens (tertiary/aromatic N) is 2. The molecule has 1 aromatic heterocycles. The van der Waals surface area contributed by atoms with Gasteiger partial charge in [0.25, 0.3) is 0 Å². The second kappa shape index (κ2) is 6.51. The fraction of sp³-hybridized carbons (Fsp3) is 0.750. The van der Waals surface area contributed by atoms with E-state index in [2.05, 4.69) is 25.9 Å². The molecule has 2 nitrogen and oxygen atoms in total. The van der Waals surface area contributed by atoms with E-state index in [0.29, 0.717) is 11.8 Å². The summed E-state index contributed by atoms with van der Waals surface area (Å²) in [5.41, 5.74) is 2.07. The highest BCUT2D eigenvalue weighted by Crippen LogP contribution is 2.23. The fourth-order valence-corrected chi connectivity index (χ4v) is 2.27. The molecule has 0 atom stereocenters. The molecule has 0 saturated carbocycles. The average molecular weight is 263 g/mol. The van der Waals surface area contributed by atoms with Crippen LogP contribution < -0.4 is 0 Å². The van der Waals surface area contributed by atoms with Gasteiger partial charge in [0, 0.05) is 12.1 Å². The minimum Gasteiger partial charge on any atom is -0.253 e. The molecule has 1 heterocycles. The number of aromatic nitrogens is 2. The van der Waals surface area contributed by atoms with Crippen LogP contribution in [0.4, 0.5) is 0 Å². The van der Waals surface area contributed by atoms with Crippen LogP contribution in [0, 0.1) is 5.92 Å². The number of halogens is 2. The zero-order valence-electron chi connectivity index (χ0n) is 10.3. The van der Waals surface area contributed by atoms with Gasteiger partial charge < -0.3 is 0 Å². The van der Waals surface area contributed by atoms with Gasteiger partial charge in [-0.3, -0.25) is 4.68 Å². The normalized spacial score (nSPS) is 11.4. The van der Waals surface area contributed by atoms with Gasteiger partial charge in [-0.15, -0.1) is 11.6 Å². The number of alkyl halides is 1. The van der Waals surface area contributed by atoms with Gasteiger partial charge in [0.15, 0.2) is 0 Å². The van der Waals surface area contributed by atoms with Crippen molar-refractivity contribution in [2.24, 2.45) is 5.92 Å². The molecule has 0 aliphatic carbocycles. The van der Waals surface area contributed by atoms with E-state index in [1.165, 1.54) is 0 Å². The predicted octanol–water partition coefficient (Wildman–Crippen LogP) is 4.27. The molecule has 4 heteroatoms. The molecule has 0 N–H and O–H groups in total. The second-order valence-electron chi connectivity index (χ2n) is 4.51. The molecule has 0 aliphatic heterocycles. The first-order valence-corrected chi connectivity index (χ1v) is 6.81. The van der Waals surface area contributed by atoms with Gasteiger partial charge >= 0.3 is 0 Å². The molecule has 92 valence electrons. The van der Waals surface area contributed by atoms with Crippen LogP contribution >= 0.6 is 23.2 Å². The first-order valence-electron chi connectivity index (χ1n) is 5.90. The Labute approximate surface area is 108 Å². The van der Waals surface area contributed by atoms with Crippen molar-refractivity contribution in [1.29, 1.82) is 0 Å². The van der Waals surface area contributed by atoms with Gasteiger partial charge in [-0.25, -0.2) is 0 Å². The van der Waals surface area contributed by atoms with Crippen LogP contribution in [0.5, 0.6) is 0 Å². The molecular formula is C12H20Cl2N2. The van der Waals surface area contributed by atoms with Crippen molar-refractivity contribution in [3.8, 4) is 0 Å². The highest BCUT2D eigenvalue weighted by molar-refractivity contribution is 6.31. The van der Waals surface area contributed by atoms with E-state index in [0.717, 1.165) is 42.2 Å². The molecule has 1 rings (SSSR count). The van der Waals surface area contributed by atoms with Crippen molar-refractivity contribution in [1.82, 2.24) is 9.78 Å². The minimum absolute atomic E-state index is 0.454. The third-order valence-electron chi connectivity index (χ3n) is 2.60. The summed E-state index contributed by atoms with van der Waals surface area (Å²) in [7, 11) is 0. The summed E-state index contributed by atoms with van der Waals surface area (Å²) >= 11 is 12.2. The maximum atomic E-state index is 6.26. The maximum Gasteiger partial charge on any atom is 0.131 e. The standard InChI is InChI=1S/C12H20Cl2N2/c1-4-5-11-10(8-13)12(14)16(15-11)7-6-9(2)3/h9H,4-8H2,1-3H3. The molecule has 0 unspecified atom stereocenters. The zero-order chi connectivity index (χ0) is 12.1. The third-order valence-corrected chi connectivity index (χ3v) is 3.29. The van der Waals surface area contributed by atoms with E-state index in [1.54, 1.807) is 0 Å². The first-order chi connectivity index (χ1) is 7.60. The molecule has 0 radical (unpaired) electrons. The van der Waals surface area contributed by atoms with Gasteiger partial charge in [-0.2, -0.15) is 5.10 Å². The van der Waals surface area contributed by atoms with E-state index in [9.17, 15) is 0 Å². The Morgan fingerprint density at radius 3 is 2.56 bits per heavy atom. The van der Waals surface area contributed by atoms with Crippen LogP contribution in [0.2, 0.25) is 5.15 Å². The van der Waals surface area contributed by atoms with E-state index in [4.69, 9.17) is 23.2 Å². The van der Waals surface area contributed by atoms with E-state index in [-0.39, 0.29) is 0 Å². The molecule has 0 amide bonds. The molecular weight excluding hydrogens is 243 g/mol. The lowest BCUT2D eigenvalue weighted by Gasteiger charge is -2.05. The molecule has 0 aliphatic rings. The summed E-state index contributed by atoms with van der Waals surface area (Å²) in [6.45, 7) is 7.42. The molecule has 16 heavy (non-hydrogen) atoms. The lowest BCUT2D eigenvalue weighted by atomic mass is 10.1. The first kappa shape index (κ1) is 13.9. The van der Waals surface area contributed by atoms with E-state index >= 15 is 0 Å². The minimum atomic E-state index is 0.454. The molecule has 0 spiro atoms. The highest BCUT2D eigenvalue weighted by atomic mass is 35.5. The van der Waals surface area contributed by atoms with Gasteiger partial charge in [-0.1, -0.05) is 38.8 Å². The summed E-state index contributed by atoms with van der Waals surface area (Å²) in [4.78, 5) is 0. The third kappa shape index (κ3) is 3.39. The predicted molar refractivity (Wildman–Crippen MR) is 70.2 cm³/mol. The van der Waals surface area contributed by atoms with E-state index in [1.807, 2.05) is 4.68 Å². The van der Waals surface area contributed by atoms with E-state index < -0.39 is 0 Å². The number of hydrogen-bond donors (Lipinski definition) is 0. The Kier molecular flexibility index (Phi) is 5.63. The summed E-state index contributed by atoms with van der Waals surface area (Å²) in [5.74, 6) is 1.12. The van der Waals surface area contributed by atoms with Crippen LogP contribution in [0.15, 0.2) is 0 Å². The molecule has 1 aromatic rings. The highest BCUT2D eigenvalue weighted by Gasteiger charge is 2.14. The van der Waals surface area contributed by atoms with Gasteiger partial charge in [-0.05, 0) is 18.8 Å².